The molecule has 0 saturated heterocycles. The number of nitrogens with zero attached hydrogens (tertiary/aromatic N) is 1. The maximum atomic E-state index is 11.0. The molecule has 1 N–H and O–H groups in total. The molecular weight excluding hydrogens is 282 g/mol. The Labute approximate surface area is 125 Å². The van der Waals surface area contributed by atoms with Crippen molar-refractivity contribution in [3.05, 3.63) is 70.3 Å². The molecule has 5 nitrogen and oxygen atoms in total. The lowest BCUT2D eigenvalue weighted by atomic mass is 9.98. The van der Waals surface area contributed by atoms with E-state index < -0.39 is 4.92 Å². The van der Waals surface area contributed by atoms with E-state index in [1.54, 1.807) is 6.07 Å². The Bertz CT molecular complexity index is 902. The number of carbonyl (C=O) groups is 1. The smallest absolute Gasteiger partial charge is 0.271 e. The van der Waals surface area contributed by atoms with Gasteiger partial charge in [0.25, 0.3) is 5.69 Å². The van der Waals surface area contributed by atoms with Gasteiger partial charge in [0.15, 0.2) is 6.29 Å². The van der Waals surface area contributed by atoms with Crippen LogP contribution in [0.2, 0.25) is 0 Å². The summed E-state index contributed by atoms with van der Waals surface area (Å²) in [5.74, 6) is -0.254. The van der Waals surface area contributed by atoms with E-state index in [0.29, 0.717) is 11.8 Å². The second-order valence-electron chi connectivity index (χ2n) is 4.87. The van der Waals surface area contributed by atoms with Gasteiger partial charge in [-0.25, -0.2) is 0 Å². The van der Waals surface area contributed by atoms with Crippen LogP contribution >= 0.6 is 0 Å². The lowest BCUT2D eigenvalue weighted by molar-refractivity contribution is -0.384. The highest BCUT2D eigenvalue weighted by Gasteiger charge is 2.17. The highest BCUT2D eigenvalue weighted by molar-refractivity contribution is 5.92. The number of aldehydes is 1. The van der Waals surface area contributed by atoms with E-state index in [0.717, 1.165) is 16.8 Å². The topological polar surface area (TPSA) is 80.4 Å². The number of hydrogen-bond acceptors (Lipinski definition) is 4. The SMILES string of the molecule is O=Cc1cc([N+](=O)[O-])cc(-c2ccc3ccccc3c2)c1O. The van der Waals surface area contributed by atoms with Crippen molar-refractivity contribution in [2.24, 2.45) is 0 Å². The number of nitro groups is 1. The van der Waals surface area contributed by atoms with Crippen LogP contribution in [0, 0.1) is 10.1 Å². The summed E-state index contributed by atoms with van der Waals surface area (Å²) in [6.45, 7) is 0. The number of benzene rings is 3. The lowest BCUT2D eigenvalue weighted by Gasteiger charge is -2.08. The van der Waals surface area contributed by atoms with Gasteiger partial charge in [-0.3, -0.25) is 14.9 Å². The molecule has 0 unspecified atom stereocenters. The Morgan fingerprint density at radius 1 is 1.00 bits per heavy atom. The van der Waals surface area contributed by atoms with E-state index in [4.69, 9.17) is 0 Å². The van der Waals surface area contributed by atoms with Gasteiger partial charge in [0.05, 0.1) is 10.5 Å². The van der Waals surface area contributed by atoms with E-state index in [-0.39, 0.29) is 22.6 Å². The van der Waals surface area contributed by atoms with Gasteiger partial charge in [-0.05, 0) is 22.4 Å². The molecule has 0 aliphatic rings. The molecule has 3 rings (SSSR count). The minimum Gasteiger partial charge on any atom is -0.507 e. The molecule has 0 radical (unpaired) electrons. The highest BCUT2D eigenvalue weighted by atomic mass is 16.6. The van der Waals surface area contributed by atoms with E-state index in [1.165, 1.54) is 6.07 Å². The van der Waals surface area contributed by atoms with Crippen molar-refractivity contribution in [1.29, 1.82) is 0 Å². The summed E-state index contributed by atoms with van der Waals surface area (Å²) in [6, 6.07) is 15.4. The first-order valence-corrected chi connectivity index (χ1v) is 6.56. The molecule has 0 saturated carbocycles. The largest absolute Gasteiger partial charge is 0.507 e. The molecule has 22 heavy (non-hydrogen) atoms. The molecule has 0 fully saturated rings. The van der Waals surface area contributed by atoms with Gasteiger partial charge in [-0.1, -0.05) is 36.4 Å². The van der Waals surface area contributed by atoms with Crippen LogP contribution in [0.15, 0.2) is 54.6 Å². The van der Waals surface area contributed by atoms with Crippen molar-refractivity contribution < 1.29 is 14.8 Å². The Kier molecular flexibility index (Phi) is 3.31. The molecule has 0 amide bonds. The van der Waals surface area contributed by atoms with Crippen molar-refractivity contribution in [3.8, 4) is 16.9 Å². The third-order valence-corrected chi connectivity index (χ3v) is 3.52. The predicted molar refractivity (Wildman–Crippen MR) is 83.1 cm³/mol. The molecule has 3 aromatic carbocycles. The molecule has 0 aromatic heterocycles. The second kappa shape index (κ2) is 5.29. The van der Waals surface area contributed by atoms with E-state index in [1.807, 2.05) is 36.4 Å². The van der Waals surface area contributed by atoms with Crippen molar-refractivity contribution in [1.82, 2.24) is 0 Å². The average molecular weight is 293 g/mol. The maximum absolute atomic E-state index is 11.0. The van der Waals surface area contributed by atoms with Gasteiger partial charge in [0.2, 0.25) is 0 Å². The molecule has 0 bridgehead atoms. The molecule has 3 aromatic rings. The third kappa shape index (κ3) is 2.29. The highest BCUT2D eigenvalue weighted by Crippen LogP contribution is 2.36. The van der Waals surface area contributed by atoms with Gasteiger partial charge in [0.1, 0.15) is 5.75 Å². The molecule has 108 valence electrons. The van der Waals surface area contributed by atoms with E-state index >= 15 is 0 Å². The molecule has 0 spiro atoms. The van der Waals surface area contributed by atoms with Crippen LogP contribution in [0.1, 0.15) is 10.4 Å². The van der Waals surface area contributed by atoms with Gasteiger partial charge >= 0.3 is 0 Å². The number of non-ortho nitro benzene ring substituents is 1. The zero-order valence-corrected chi connectivity index (χ0v) is 11.4. The first kappa shape index (κ1) is 13.8. The van der Waals surface area contributed by atoms with E-state index in [2.05, 4.69) is 0 Å². The molecule has 0 atom stereocenters. The Hall–Kier alpha value is -3.21. The van der Waals surface area contributed by atoms with Gasteiger partial charge in [-0.15, -0.1) is 0 Å². The van der Waals surface area contributed by atoms with Crippen LogP contribution in [-0.2, 0) is 0 Å². The zero-order chi connectivity index (χ0) is 15.7. The summed E-state index contributed by atoms with van der Waals surface area (Å²) in [4.78, 5) is 21.4. The Morgan fingerprint density at radius 2 is 1.73 bits per heavy atom. The normalized spacial score (nSPS) is 10.5. The molecule has 5 heteroatoms. The molecule has 0 aliphatic heterocycles. The fraction of sp³-hybridized carbons (Fsp3) is 0. The summed E-state index contributed by atoms with van der Waals surface area (Å²) in [7, 11) is 0. The van der Waals surface area contributed by atoms with Crippen molar-refractivity contribution in [2.45, 2.75) is 0 Å². The standard InChI is InChI=1S/C17H11NO4/c19-10-14-8-15(18(21)22)9-16(17(14)20)13-6-5-11-3-1-2-4-12(11)7-13/h1-10,20H. The number of phenols is 1. The number of carbonyl (C=O) groups excluding carboxylic acids is 1. The minimum atomic E-state index is -0.586. The quantitative estimate of drug-likeness (QED) is 0.450. The van der Waals surface area contributed by atoms with Crippen molar-refractivity contribution in [3.63, 3.8) is 0 Å². The average Bonchev–Trinajstić information content (AvgIpc) is 2.54. The number of nitro benzene ring substituents is 1. The van der Waals surface area contributed by atoms with Gasteiger partial charge < -0.3 is 5.11 Å². The van der Waals surface area contributed by atoms with Crippen LogP contribution < -0.4 is 0 Å². The minimum absolute atomic E-state index is 0.0997. The Balaban J connectivity index is 2.26. The molecule has 0 aliphatic carbocycles. The summed E-state index contributed by atoms with van der Waals surface area (Å²) < 4.78 is 0. The van der Waals surface area contributed by atoms with Crippen LogP contribution in [0.4, 0.5) is 5.69 Å². The zero-order valence-electron chi connectivity index (χ0n) is 11.4. The van der Waals surface area contributed by atoms with Crippen molar-refractivity contribution >= 4 is 22.7 Å². The predicted octanol–water partition coefficient (Wildman–Crippen LogP) is 3.93. The number of aromatic hydroxyl groups is 1. The molecule has 0 heterocycles. The van der Waals surface area contributed by atoms with Crippen LogP contribution in [0.25, 0.3) is 21.9 Å². The van der Waals surface area contributed by atoms with Crippen molar-refractivity contribution in [2.75, 3.05) is 0 Å². The number of fused-ring (bicyclic) bond motifs is 1. The summed E-state index contributed by atoms with van der Waals surface area (Å²) >= 11 is 0. The first-order chi connectivity index (χ1) is 10.6. The van der Waals surface area contributed by atoms with Crippen LogP contribution in [0.5, 0.6) is 5.75 Å². The monoisotopic (exact) mass is 293 g/mol. The third-order valence-electron chi connectivity index (χ3n) is 3.52. The second-order valence-corrected chi connectivity index (χ2v) is 4.87. The summed E-state index contributed by atoms with van der Waals surface area (Å²) in [5.41, 5.74) is 0.547. The van der Waals surface area contributed by atoms with Crippen LogP contribution in [0.3, 0.4) is 0 Å². The van der Waals surface area contributed by atoms with E-state index in [9.17, 15) is 20.0 Å². The van der Waals surface area contributed by atoms with Gasteiger partial charge in [-0.2, -0.15) is 0 Å². The summed E-state index contributed by atoms with van der Waals surface area (Å²) in [6.07, 6.45) is 0.410. The number of rotatable bonds is 3. The fourth-order valence-corrected chi connectivity index (χ4v) is 2.41. The van der Waals surface area contributed by atoms with Gasteiger partial charge in [0, 0.05) is 17.7 Å². The lowest BCUT2D eigenvalue weighted by Crippen LogP contribution is -1.93. The maximum Gasteiger partial charge on any atom is 0.271 e. The number of hydrogen-bond donors (Lipinski definition) is 1. The fourth-order valence-electron chi connectivity index (χ4n) is 2.41. The first-order valence-electron chi connectivity index (χ1n) is 6.56. The number of phenolic OH excluding ortho intramolecular Hbond substituents is 1. The Morgan fingerprint density at radius 3 is 2.41 bits per heavy atom. The van der Waals surface area contributed by atoms with Crippen LogP contribution in [-0.4, -0.2) is 16.3 Å². The summed E-state index contributed by atoms with van der Waals surface area (Å²) in [5, 5.41) is 23.1. The molecular formula is C17H11NO4.